The second-order valence-electron chi connectivity index (χ2n) is 4.83. The number of rotatable bonds is 2. The van der Waals surface area contributed by atoms with Gasteiger partial charge in [0.1, 0.15) is 0 Å². The molecular weight excluding hydrogens is 345 g/mol. The minimum atomic E-state index is 0.486. The number of thiazole rings is 1. The summed E-state index contributed by atoms with van der Waals surface area (Å²) in [6, 6.07) is 5.22. The minimum Gasteiger partial charge on any atom is -0.332 e. The van der Waals surface area contributed by atoms with Crippen LogP contribution in [0.1, 0.15) is 23.4 Å². The highest BCUT2D eigenvalue weighted by Gasteiger charge is 2.15. The molecule has 0 aliphatic heterocycles. The van der Waals surface area contributed by atoms with E-state index in [2.05, 4.69) is 15.6 Å². The van der Waals surface area contributed by atoms with E-state index in [1.807, 2.05) is 0 Å². The molecule has 21 heavy (non-hydrogen) atoms. The number of halogens is 2. The van der Waals surface area contributed by atoms with Crippen molar-refractivity contribution in [1.82, 2.24) is 4.98 Å². The van der Waals surface area contributed by atoms with Crippen LogP contribution in [0.2, 0.25) is 10.0 Å². The van der Waals surface area contributed by atoms with Gasteiger partial charge in [0, 0.05) is 20.6 Å². The summed E-state index contributed by atoms with van der Waals surface area (Å²) in [6.07, 6.45) is 4.66. The van der Waals surface area contributed by atoms with Crippen molar-refractivity contribution in [1.29, 1.82) is 0 Å². The third kappa shape index (κ3) is 3.86. The fraction of sp³-hybridized carbons (Fsp3) is 0.286. The van der Waals surface area contributed by atoms with E-state index in [9.17, 15) is 0 Å². The summed E-state index contributed by atoms with van der Waals surface area (Å²) < 4.78 is 0. The van der Waals surface area contributed by atoms with Crippen LogP contribution in [0.15, 0.2) is 18.2 Å². The van der Waals surface area contributed by atoms with E-state index >= 15 is 0 Å². The summed E-state index contributed by atoms with van der Waals surface area (Å²) in [7, 11) is 0. The molecule has 2 N–H and O–H groups in total. The predicted molar refractivity (Wildman–Crippen MR) is 95.1 cm³/mol. The molecule has 3 rings (SSSR count). The summed E-state index contributed by atoms with van der Waals surface area (Å²) >= 11 is 18.9. The van der Waals surface area contributed by atoms with Crippen LogP contribution in [0, 0.1) is 0 Å². The van der Waals surface area contributed by atoms with E-state index in [1.165, 1.54) is 23.4 Å². The third-order valence-corrected chi connectivity index (χ3v) is 4.90. The number of fused-ring (bicyclic) bond motifs is 1. The second kappa shape index (κ2) is 6.48. The van der Waals surface area contributed by atoms with Crippen molar-refractivity contribution in [3.05, 3.63) is 38.8 Å². The molecule has 0 fully saturated rings. The minimum absolute atomic E-state index is 0.486. The van der Waals surface area contributed by atoms with Gasteiger partial charge in [-0.2, -0.15) is 0 Å². The van der Waals surface area contributed by atoms with Crippen LogP contribution in [0.25, 0.3) is 0 Å². The number of nitrogens with zero attached hydrogens (tertiary/aromatic N) is 1. The van der Waals surface area contributed by atoms with Gasteiger partial charge in [0.05, 0.1) is 5.69 Å². The van der Waals surface area contributed by atoms with Gasteiger partial charge in [-0.05, 0) is 56.1 Å². The number of hydrogen-bond acceptors (Lipinski definition) is 3. The molecule has 1 aliphatic rings. The zero-order valence-electron chi connectivity index (χ0n) is 11.1. The quantitative estimate of drug-likeness (QED) is 0.729. The van der Waals surface area contributed by atoms with Crippen LogP contribution in [0.3, 0.4) is 0 Å². The number of hydrogen-bond donors (Lipinski definition) is 2. The molecule has 1 heterocycles. The SMILES string of the molecule is S=C(Nc1cc(Cl)cc(Cl)c1)Nc1nc2c(s1)CCCC2. The Hall–Kier alpha value is -0.880. The first-order valence-electron chi connectivity index (χ1n) is 6.63. The molecule has 0 spiro atoms. The van der Waals surface area contributed by atoms with Gasteiger partial charge in [-0.15, -0.1) is 11.3 Å². The van der Waals surface area contributed by atoms with Crippen LogP contribution in [-0.4, -0.2) is 10.1 Å². The molecule has 1 aromatic heterocycles. The topological polar surface area (TPSA) is 37.0 Å². The van der Waals surface area contributed by atoms with Crippen LogP contribution >= 0.6 is 46.8 Å². The predicted octanol–water partition coefficient (Wildman–Crippen LogP) is 5.14. The fourth-order valence-corrected chi connectivity index (χ4v) is 4.15. The van der Waals surface area contributed by atoms with E-state index in [-0.39, 0.29) is 0 Å². The summed E-state index contributed by atoms with van der Waals surface area (Å²) in [5.74, 6) is 0. The van der Waals surface area contributed by atoms with E-state index in [0.29, 0.717) is 15.2 Å². The summed E-state index contributed by atoms with van der Waals surface area (Å²) in [4.78, 5) is 5.97. The Balaban J connectivity index is 1.67. The van der Waals surface area contributed by atoms with E-state index in [1.54, 1.807) is 29.5 Å². The van der Waals surface area contributed by atoms with Gasteiger partial charge in [0.25, 0.3) is 0 Å². The normalized spacial score (nSPS) is 13.6. The highest BCUT2D eigenvalue weighted by Crippen LogP contribution is 2.29. The van der Waals surface area contributed by atoms with E-state index in [0.717, 1.165) is 23.7 Å². The van der Waals surface area contributed by atoms with Crippen molar-refractivity contribution in [3.63, 3.8) is 0 Å². The lowest BCUT2D eigenvalue weighted by Gasteiger charge is -2.09. The van der Waals surface area contributed by atoms with Crippen molar-refractivity contribution in [2.24, 2.45) is 0 Å². The Morgan fingerprint density at radius 2 is 1.81 bits per heavy atom. The number of anilines is 2. The number of aromatic nitrogens is 1. The maximum Gasteiger partial charge on any atom is 0.189 e. The highest BCUT2D eigenvalue weighted by atomic mass is 35.5. The molecule has 0 amide bonds. The van der Waals surface area contributed by atoms with Crippen molar-refractivity contribution < 1.29 is 0 Å². The molecule has 0 unspecified atom stereocenters. The van der Waals surface area contributed by atoms with Crippen molar-refractivity contribution >= 4 is 62.7 Å². The van der Waals surface area contributed by atoms with Crippen LogP contribution < -0.4 is 10.6 Å². The Labute approximate surface area is 142 Å². The molecule has 0 radical (unpaired) electrons. The summed E-state index contributed by atoms with van der Waals surface area (Å²) in [5.41, 5.74) is 1.97. The molecule has 0 atom stereocenters. The van der Waals surface area contributed by atoms with Gasteiger partial charge in [-0.1, -0.05) is 23.2 Å². The molecule has 0 saturated carbocycles. The van der Waals surface area contributed by atoms with Gasteiger partial charge in [-0.25, -0.2) is 4.98 Å². The number of aryl methyl sites for hydroxylation is 2. The summed E-state index contributed by atoms with van der Waals surface area (Å²) in [6.45, 7) is 0. The Morgan fingerprint density at radius 1 is 1.10 bits per heavy atom. The van der Waals surface area contributed by atoms with Gasteiger partial charge >= 0.3 is 0 Å². The maximum atomic E-state index is 5.96. The highest BCUT2D eigenvalue weighted by molar-refractivity contribution is 7.80. The Bertz CT molecular complexity index is 641. The van der Waals surface area contributed by atoms with E-state index < -0.39 is 0 Å². The lowest BCUT2D eigenvalue weighted by atomic mass is 10.0. The monoisotopic (exact) mass is 357 g/mol. The molecule has 0 bridgehead atoms. The van der Waals surface area contributed by atoms with Crippen molar-refractivity contribution in [2.45, 2.75) is 25.7 Å². The number of benzene rings is 1. The zero-order chi connectivity index (χ0) is 14.8. The van der Waals surface area contributed by atoms with E-state index in [4.69, 9.17) is 35.4 Å². The molecular formula is C14H13Cl2N3S2. The largest absolute Gasteiger partial charge is 0.332 e. The van der Waals surface area contributed by atoms with Gasteiger partial charge in [0.2, 0.25) is 0 Å². The van der Waals surface area contributed by atoms with Crippen LogP contribution in [0.5, 0.6) is 0 Å². The standard InChI is InChI=1S/C14H13Cl2N3S2/c15-8-5-9(16)7-10(6-8)17-13(20)19-14-18-11-3-1-2-4-12(11)21-14/h5-7H,1-4H2,(H2,17,18,19,20). The first-order valence-corrected chi connectivity index (χ1v) is 8.61. The molecule has 2 aromatic rings. The van der Waals surface area contributed by atoms with Crippen LogP contribution in [-0.2, 0) is 12.8 Å². The molecule has 7 heteroatoms. The molecule has 1 aromatic carbocycles. The second-order valence-corrected chi connectivity index (χ2v) is 7.20. The van der Waals surface area contributed by atoms with Crippen molar-refractivity contribution in [3.8, 4) is 0 Å². The summed E-state index contributed by atoms with van der Waals surface area (Å²) in [5, 5.41) is 8.66. The van der Waals surface area contributed by atoms with Crippen molar-refractivity contribution in [2.75, 3.05) is 10.6 Å². The number of nitrogens with one attached hydrogen (secondary N) is 2. The fourth-order valence-electron chi connectivity index (χ4n) is 2.29. The Kier molecular flexibility index (Phi) is 4.64. The molecule has 3 nitrogen and oxygen atoms in total. The van der Waals surface area contributed by atoms with Gasteiger partial charge < -0.3 is 10.6 Å². The average Bonchev–Trinajstić information content (AvgIpc) is 2.78. The average molecular weight is 358 g/mol. The first-order chi connectivity index (χ1) is 10.1. The first kappa shape index (κ1) is 15.0. The zero-order valence-corrected chi connectivity index (χ0v) is 14.2. The lowest BCUT2D eigenvalue weighted by Crippen LogP contribution is -2.18. The Morgan fingerprint density at radius 3 is 2.52 bits per heavy atom. The van der Waals surface area contributed by atoms with Gasteiger partial charge in [-0.3, -0.25) is 0 Å². The molecule has 110 valence electrons. The maximum absolute atomic E-state index is 5.96. The molecule has 0 saturated heterocycles. The smallest absolute Gasteiger partial charge is 0.189 e. The third-order valence-electron chi connectivity index (χ3n) is 3.19. The van der Waals surface area contributed by atoms with Gasteiger partial charge in [0.15, 0.2) is 10.2 Å². The molecule has 1 aliphatic carbocycles. The van der Waals surface area contributed by atoms with Crippen LogP contribution in [0.4, 0.5) is 10.8 Å². The number of thiocarbonyl (C=S) groups is 1. The lowest BCUT2D eigenvalue weighted by molar-refractivity contribution is 0.683.